The summed E-state index contributed by atoms with van der Waals surface area (Å²) in [4.78, 5) is 37.8. The van der Waals surface area contributed by atoms with Crippen molar-refractivity contribution < 1.29 is 19.1 Å². The molecule has 28 heavy (non-hydrogen) atoms. The quantitative estimate of drug-likeness (QED) is 0.567. The van der Waals surface area contributed by atoms with Crippen LogP contribution in [0.25, 0.3) is 0 Å². The number of rotatable bonds is 6. The molecule has 0 spiro atoms. The molecule has 0 saturated carbocycles. The Morgan fingerprint density at radius 1 is 1.11 bits per heavy atom. The van der Waals surface area contributed by atoms with Crippen LogP contribution in [0.5, 0.6) is 0 Å². The van der Waals surface area contributed by atoms with Gasteiger partial charge in [-0.2, -0.15) is 0 Å². The number of carbonyl (C=O) groups excluding carboxylic acids is 3. The lowest BCUT2D eigenvalue weighted by molar-refractivity contribution is -0.136. The van der Waals surface area contributed by atoms with Crippen LogP contribution in [0.15, 0.2) is 18.2 Å². The van der Waals surface area contributed by atoms with Gasteiger partial charge >= 0.3 is 0 Å². The first-order chi connectivity index (χ1) is 13.6. The van der Waals surface area contributed by atoms with Crippen LogP contribution in [-0.4, -0.2) is 54.5 Å². The molecule has 3 aliphatic heterocycles. The Kier molecular flexibility index (Phi) is 5.73. The lowest BCUT2D eigenvalue weighted by atomic mass is 10.0. The molecule has 3 amide bonds. The van der Waals surface area contributed by atoms with E-state index in [1.807, 2.05) is 12.1 Å². The zero-order valence-electron chi connectivity index (χ0n) is 16.0. The van der Waals surface area contributed by atoms with Crippen molar-refractivity contribution >= 4 is 17.7 Å². The number of carbonyl (C=O) groups is 3. The summed E-state index contributed by atoms with van der Waals surface area (Å²) >= 11 is 0. The molecule has 7 nitrogen and oxygen atoms in total. The minimum absolute atomic E-state index is 0.120. The molecule has 3 aliphatic rings. The van der Waals surface area contributed by atoms with Crippen LogP contribution in [0.2, 0.25) is 0 Å². The van der Waals surface area contributed by atoms with Crippen LogP contribution in [0.4, 0.5) is 0 Å². The predicted molar refractivity (Wildman–Crippen MR) is 103 cm³/mol. The maximum atomic E-state index is 12.7. The molecule has 150 valence electrons. The summed E-state index contributed by atoms with van der Waals surface area (Å²) in [6, 6.07) is 5.38. The van der Waals surface area contributed by atoms with Gasteiger partial charge in [0.25, 0.3) is 5.91 Å². The first-order valence-electron chi connectivity index (χ1n) is 10.2. The Balaban J connectivity index is 1.32. The number of amides is 3. The van der Waals surface area contributed by atoms with Gasteiger partial charge in [-0.25, -0.2) is 0 Å². The third-order valence-corrected chi connectivity index (χ3v) is 5.84. The number of benzene rings is 1. The molecule has 0 aromatic heterocycles. The summed E-state index contributed by atoms with van der Waals surface area (Å²) in [6.45, 7) is 3.25. The number of ether oxygens (including phenoxy) is 1. The van der Waals surface area contributed by atoms with Crippen LogP contribution < -0.4 is 10.6 Å². The summed E-state index contributed by atoms with van der Waals surface area (Å²) in [7, 11) is 0. The molecule has 3 heterocycles. The molecule has 1 aromatic rings. The highest BCUT2D eigenvalue weighted by Crippen LogP contribution is 2.28. The third kappa shape index (κ3) is 4.10. The molecular weight excluding hydrogens is 358 g/mol. The second-order valence-corrected chi connectivity index (χ2v) is 7.82. The van der Waals surface area contributed by atoms with E-state index in [4.69, 9.17) is 4.74 Å². The van der Waals surface area contributed by atoms with Gasteiger partial charge in [-0.1, -0.05) is 12.1 Å². The molecule has 0 bridgehead atoms. The number of fused-ring (bicyclic) bond motifs is 1. The first-order valence-corrected chi connectivity index (χ1v) is 10.2. The molecule has 2 N–H and O–H groups in total. The van der Waals surface area contributed by atoms with Crippen molar-refractivity contribution in [2.45, 2.75) is 57.2 Å². The topological polar surface area (TPSA) is 87.7 Å². The smallest absolute Gasteiger partial charge is 0.255 e. The standard InChI is InChI=1S/C21H27N3O4/c25-19-6-5-18(20(26)23-19)24-13-15-12-14(3-4-17(15)21(24)27)2-1-11-28-16-7-9-22-10-8-16/h3-4,12,16,18,22H,1-2,5-11,13H2,(H,23,25,26). The summed E-state index contributed by atoms with van der Waals surface area (Å²) < 4.78 is 5.96. The number of nitrogens with one attached hydrogen (secondary N) is 2. The lowest BCUT2D eigenvalue weighted by Gasteiger charge is -2.29. The zero-order valence-corrected chi connectivity index (χ0v) is 16.0. The van der Waals surface area contributed by atoms with Gasteiger partial charge in [0.1, 0.15) is 6.04 Å². The van der Waals surface area contributed by atoms with E-state index in [1.165, 1.54) is 5.56 Å². The predicted octanol–water partition coefficient (Wildman–Crippen LogP) is 1.15. The van der Waals surface area contributed by atoms with Crippen molar-refractivity contribution in [3.63, 3.8) is 0 Å². The van der Waals surface area contributed by atoms with Crippen molar-refractivity contribution in [2.75, 3.05) is 19.7 Å². The first kappa shape index (κ1) is 19.1. The molecule has 2 saturated heterocycles. The highest BCUT2D eigenvalue weighted by Gasteiger charge is 2.38. The third-order valence-electron chi connectivity index (χ3n) is 5.84. The Morgan fingerprint density at radius 2 is 1.93 bits per heavy atom. The molecule has 1 unspecified atom stereocenters. The highest BCUT2D eigenvalue weighted by molar-refractivity contribution is 6.05. The van der Waals surface area contributed by atoms with Gasteiger partial charge in [0.2, 0.25) is 11.8 Å². The molecule has 0 radical (unpaired) electrons. The number of imide groups is 1. The minimum atomic E-state index is -0.556. The van der Waals surface area contributed by atoms with E-state index in [1.54, 1.807) is 4.90 Å². The molecule has 1 aromatic carbocycles. The van der Waals surface area contributed by atoms with Crippen molar-refractivity contribution in [1.82, 2.24) is 15.5 Å². The van der Waals surface area contributed by atoms with E-state index >= 15 is 0 Å². The Morgan fingerprint density at radius 3 is 2.71 bits per heavy atom. The number of hydrogen-bond donors (Lipinski definition) is 2. The summed E-state index contributed by atoms with van der Waals surface area (Å²) in [6.07, 6.45) is 5.07. The molecular formula is C21H27N3O4. The van der Waals surface area contributed by atoms with Gasteiger partial charge in [-0.05, 0) is 62.4 Å². The number of nitrogens with zero attached hydrogens (tertiary/aromatic N) is 1. The number of hydrogen-bond acceptors (Lipinski definition) is 5. The van der Waals surface area contributed by atoms with Gasteiger partial charge in [0.05, 0.1) is 6.10 Å². The normalized spacial score (nSPS) is 23.1. The molecule has 1 atom stereocenters. The fourth-order valence-electron chi connectivity index (χ4n) is 4.27. The fraction of sp³-hybridized carbons (Fsp3) is 0.571. The van der Waals surface area contributed by atoms with Gasteiger partial charge in [-0.15, -0.1) is 0 Å². The lowest BCUT2D eigenvalue weighted by Crippen LogP contribution is -2.52. The van der Waals surface area contributed by atoms with Gasteiger partial charge in [0, 0.05) is 25.1 Å². The van der Waals surface area contributed by atoms with Crippen molar-refractivity contribution in [1.29, 1.82) is 0 Å². The molecule has 2 fully saturated rings. The monoisotopic (exact) mass is 385 g/mol. The Bertz CT molecular complexity index is 773. The fourth-order valence-corrected chi connectivity index (χ4v) is 4.27. The Labute approximate surface area is 164 Å². The average molecular weight is 385 g/mol. The summed E-state index contributed by atoms with van der Waals surface area (Å²) in [5, 5.41) is 5.67. The van der Waals surface area contributed by atoms with Crippen LogP contribution in [0.1, 0.15) is 53.6 Å². The zero-order chi connectivity index (χ0) is 19.5. The van der Waals surface area contributed by atoms with Gasteiger partial charge < -0.3 is 15.0 Å². The Hall–Kier alpha value is -2.25. The van der Waals surface area contributed by atoms with Crippen LogP contribution >= 0.6 is 0 Å². The molecule has 4 rings (SSSR count). The average Bonchev–Trinajstić information content (AvgIpc) is 3.02. The van der Waals surface area contributed by atoms with E-state index in [2.05, 4.69) is 16.7 Å². The number of aryl methyl sites for hydroxylation is 1. The maximum absolute atomic E-state index is 12.7. The highest BCUT2D eigenvalue weighted by atomic mass is 16.5. The number of piperidine rings is 2. The van der Waals surface area contributed by atoms with Crippen molar-refractivity contribution in [3.05, 3.63) is 34.9 Å². The largest absolute Gasteiger partial charge is 0.378 e. The van der Waals surface area contributed by atoms with Crippen molar-refractivity contribution in [2.24, 2.45) is 0 Å². The van der Waals surface area contributed by atoms with E-state index < -0.39 is 6.04 Å². The second kappa shape index (κ2) is 8.41. The minimum Gasteiger partial charge on any atom is -0.378 e. The van der Waals surface area contributed by atoms with E-state index in [9.17, 15) is 14.4 Å². The van der Waals surface area contributed by atoms with Crippen LogP contribution in [0.3, 0.4) is 0 Å². The van der Waals surface area contributed by atoms with E-state index in [0.29, 0.717) is 24.6 Å². The van der Waals surface area contributed by atoms with Crippen LogP contribution in [-0.2, 0) is 27.3 Å². The maximum Gasteiger partial charge on any atom is 0.255 e. The van der Waals surface area contributed by atoms with E-state index in [-0.39, 0.29) is 24.1 Å². The molecule has 0 aliphatic carbocycles. The van der Waals surface area contributed by atoms with Gasteiger partial charge in [0.15, 0.2) is 0 Å². The summed E-state index contributed by atoms with van der Waals surface area (Å²) in [5.74, 6) is -0.752. The SMILES string of the molecule is O=C1CCC(N2Cc3cc(CCCOC4CCNCC4)ccc3C2=O)C(=O)N1. The second-order valence-electron chi connectivity index (χ2n) is 7.82. The summed E-state index contributed by atoms with van der Waals surface area (Å²) in [5.41, 5.74) is 2.82. The van der Waals surface area contributed by atoms with E-state index in [0.717, 1.165) is 50.9 Å². The van der Waals surface area contributed by atoms with Crippen molar-refractivity contribution in [3.8, 4) is 0 Å². The van der Waals surface area contributed by atoms with Crippen LogP contribution in [0, 0.1) is 0 Å². The van der Waals surface area contributed by atoms with Gasteiger partial charge in [-0.3, -0.25) is 19.7 Å². The molecule has 7 heteroatoms.